The van der Waals surface area contributed by atoms with Crippen LogP contribution in [0.15, 0.2) is 47.4 Å². The second-order valence-electron chi connectivity index (χ2n) is 4.66. The Hall–Kier alpha value is -2.09. The second-order valence-corrected chi connectivity index (χ2v) is 4.93. The Kier molecular flexibility index (Phi) is 5.15. The van der Waals surface area contributed by atoms with E-state index in [4.69, 9.17) is 16.0 Å². The number of nitrogens with one attached hydrogen (secondary N) is 1. The van der Waals surface area contributed by atoms with E-state index in [2.05, 4.69) is 33.9 Å². The van der Waals surface area contributed by atoms with E-state index in [1.54, 1.807) is 6.08 Å². The molecule has 108 valence electrons. The summed E-state index contributed by atoms with van der Waals surface area (Å²) in [5.74, 6) is 6.81. The monoisotopic (exact) mass is 301 g/mol. The van der Waals surface area contributed by atoms with Gasteiger partial charge in [0.2, 0.25) is 5.89 Å². The van der Waals surface area contributed by atoms with Crippen molar-refractivity contribution in [3.05, 3.63) is 60.3 Å². The van der Waals surface area contributed by atoms with Crippen LogP contribution in [-0.2, 0) is 5.54 Å². The maximum Gasteiger partial charge on any atom is 0.294 e. The molecule has 21 heavy (non-hydrogen) atoms. The summed E-state index contributed by atoms with van der Waals surface area (Å²) in [6.07, 6.45) is 1.75. The van der Waals surface area contributed by atoms with Crippen molar-refractivity contribution in [3.63, 3.8) is 0 Å². The summed E-state index contributed by atoms with van der Waals surface area (Å²) in [5, 5.41) is 11.2. The van der Waals surface area contributed by atoms with Gasteiger partial charge in [0.25, 0.3) is 5.89 Å². The predicted molar refractivity (Wildman–Crippen MR) is 83.0 cm³/mol. The minimum absolute atomic E-state index is 0.269. The molecule has 0 fully saturated rings. The maximum atomic E-state index is 6.00. The molecule has 0 aliphatic rings. The Bertz CT molecular complexity index is 657. The number of benzene rings is 1. The van der Waals surface area contributed by atoms with Gasteiger partial charge in [-0.15, -0.1) is 23.3 Å². The van der Waals surface area contributed by atoms with Crippen molar-refractivity contribution in [1.29, 1.82) is 0 Å². The number of rotatable bonds is 5. The predicted octanol–water partition coefficient (Wildman–Crippen LogP) is 2.70. The largest absolute Gasteiger partial charge is 0.412 e. The van der Waals surface area contributed by atoms with Crippen LogP contribution in [0, 0.1) is 11.8 Å². The molecular formula is C16H16ClN3O. The number of alkyl halides is 1. The lowest BCUT2D eigenvalue weighted by Gasteiger charge is -2.23. The van der Waals surface area contributed by atoms with Crippen LogP contribution < -0.4 is 5.32 Å². The number of hydrogen-bond acceptors (Lipinski definition) is 4. The van der Waals surface area contributed by atoms with Crippen LogP contribution in [-0.4, -0.2) is 22.6 Å². The van der Waals surface area contributed by atoms with Gasteiger partial charge in [0, 0.05) is 18.0 Å². The van der Waals surface area contributed by atoms with Crippen LogP contribution >= 0.6 is 11.6 Å². The molecule has 0 aliphatic carbocycles. The fourth-order valence-corrected chi connectivity index (χ4v) is 1.83. The summed E-state index contributed by atoms with van der Waals surface area (Å²) < 4.78 is 5.58. The normalized spacial score (nSPS) is 13.0. The molecule has 1 aromatic carbocycles. The van der Waals surface area contributed by atoms with Crippen molar-refractivity contribution >= 4 is 11.6 Å². The third-order valence-corrected chi connectivity index (χ3v) is 3.42. The van der Waals surface area contributed by atoms with Crippen molar-refractivity contribution in [2.24, 2.45) is 0 Å². The molecule has 0 saturated heterocycles. The van der Waals surface area contributed by atoms with Gasteiger partial charge in [-0.3, -0.25) is 5.32 Å². The molecule has 2 aromatic rings. The first kappa shape index (κ1) is 15.3. The molecule has 0 spiro atoms. The highest BCUT2D eigenvalue weighted by atomic mass is 35.5. The first-order valence-electron chi connectivity index (χ1n) is 6.51. The molecular weight excluding hydrogens is 286 g/mol. The van der Waals surface area contributed by atoms with Gasteiger partial charge in [0.15, 0.2) is 0 Å². The summed E-state index contributed by atoms with van der Waals surface area (Å²) in [4.78, 5) is 0. The Balaban J connectivity index is 2.18. The molecule has 1 heterocycles. The molecule has 1 N–H and O–H groups in total. The van der Waals surface area contributed by atoms with E-state index in [1.807, 2.05) is 37.3 Å². The second kappa shape index (κ2) is 7.07. The van der Waals surface area contributed by atoms with Gasteiger partial charge < -0.3 is 4.42 Å². The first-order valence-corrected chi connectivity index (χ1v) is 7.04. The SMILES string of the molecule is C=CCNC(C)(CCl)c1nnc(C#Cc2ccccc2)o1. The van der Waals surface area contributed by atoms with E-state index >= 15 is 0 Å². The average Bonchev–Trinajstić information content (AvgIpc) is 3.01. The molecule has 4 nitrogen and oxygen atoms in total. The van der Waals surface area contributed by atoms with Crippen molar-refractivity contribution in [2.45, 2.75) is 12.5 Å². The molecule has 0 radical (unpaired) electrons. The molecule has 0 aliphatic heterocycles. The van der Waals surface area contributed by atoms with Crippen LogP contribution in [0.25, 0.3) is 0 Å². The molecule has 1 aromatic heterocycles. The molecule has 0 amide bonds. The Morgan fingerprint density at radius 3 is 2.76 bits per heavy atom. The van der Waals surface area contributed by atoms with Crippen molar-refractivity contribution in [2.75, 3.05) is 12.4 Å². The Morgan fingerprint density at radius 1 is 1.33 bits per heavy atom. The number of nitrogens with zero attached hydrogens (tertiary/aromatic N) is 2. The summed E-state index contributed by atoms with van der Waals surface area (Å²) >= 11 is 6.00. The molecule has 0 bridgehead atoms. The lowest BCUT2D eigenvalue weighted by atomic mass is 10.1. The molecule has 0 saturated carbocycles. The van der Waals surface area contributed by atoms with E-state index in [0.717, 1.165) is 5.56 Å². The smallest absolute Gasteiger partial charge is 0.294 e. The Labute approximate surface area is 129 Å². The molecule has 5 heteroatoms. The summed E-state index contributed by atoms with van der Waals surface area (Å²) in [6.45, 7) is 6.15. The fraction of sp³-hybridized carbons (Fsp3) is 0.250. The van der Waals surface area contributed by atoms with Crippen molar-refractivity contribution < 1.29 is 4.42 Å². The van der Waals surface area contributed by atoms with Gasteiger partial charge in [-0.25, -0.2) is 0 Å². The third-order valence-electron chi connectivity index (χ3n) is 2.89. The number of halogens is 1. The van der Waals surface area contributed by atoms with Gasteiger partial charge >= 0.3 is 0 Å². The average molecular weight is 302 g/mol. The van der Waals surface area contributed by atoms with E-state index < -0.39 is 5.54 Å². The van der Waals surface area contributed by atoms with Gasteiger partial charge in [0.05, 0.1) is 0 Å². The van der Waals surface area contributed by atoms with Gasteiger partial charge in [-0.2, -0.15) is 0 Å². The van der Waals surface area contributed by atoms with Crippen molar-refractivity contribution in [3.8, 4) is 11.8 Å². The molecule has 2 rings (SSSR count). The van der Waals surface area contributed by atoms with Crippen LogP contribution in [0.1, 0.15) is 24.3 Å². The summed E-state index contributed by atoms with van der Waals surface area (Å²) in [7, 11) is 0. The maximum absolute atomic E-state index is 6.00. The first-order chi connectivity index (χ1) is 10.2. The van der Waals surface area contributed by atoms with Crippen LogP contribution in [0.4, 0.5) is 0 Å². The zero-order valence-electron chi connectivity index (χ0n) is 11.8. The Morgan fingerprint density at radius 2 is 2.10 bits per heavy atom. The molecule has 1 atom stereocenters. The number of aromatic nitrogens is 2. The van der Waals surface area contributed by atoms with Crippen LogP contribution in [0.3, 0.4) is 0 Å². The van der Waals surface area contributed by atoms with E-state index in [-0.39, 0.29) is 5.89 Å². The highest BCUT2D eigenvalue weighted by Gasteiger charge is 2.30. The highest BCUT2D eigenvalue weighted by molar-refractivity contribution is 6.18. The van der Waals surface area contributed by atoms with E-state index in [1.165, 1.54) is 0 Å². The summed E-state index contributed by atoms with van der Waals surface area (Å²) in [6, 6.07) is 9.62. The fourth-order valence-electron chi connectivity index (χ4n) is 1.62. The standard InChI is InChI=1S/C16H16ClN3O/c1-3-11-18-16(2,12-17)15-20-19-14(21-15)10-9-13-7-5-4-6-8-13/h3-8,18H,1,11-12H2,2H3. The van der Waals surface area contributed by atoms with E-state index in [0.29, 0.717) is 18.3 Å². The van der Waals surface area contributed by atoms with Gasteiger partial charge in [-0.1, -0.05) is 35.3 Å². The zero-order chi connectivity index (χ0) is 15.1. The van der Waals surface area contributed by atoms with Crippen LogP contribution in [0.5, 0.6) is 0 Å². The van der Waals surface area contributed by atoms with Gasteiger partial charge in [0.1, 0.15) is 5.54 Å². The summed E-state index contributed by atoms with van der Waals surface area (Å²) in [5.41, 5.74) is 0.289. The third kappa shape index (κ3) is 3.94. The van der Waals surface area contributed by atoms with Crippen LogP contribution in [0.2, 0.25) is 0 Å². The minimum atomic E-state index is -0.602. The lowest BCUT2D eigenvalue weighted by Crippen LogP contribution is -2.41. The lowest BCUT2D eigenvalue weighted by molar-refractivity contribution is 0.319. The van der Waals surface area contributed by atoms with Gasteiger partial charge in [-0.05, 0) is 25.0 Å². The minimum Gasteiger partial charge on any atom is -0.412 e. The highest BCUT2D eigenvalue weighted by Crippen LogP contribution is 2.20. The molecule has 1 unspecified atom stereocenters. The zero-order valence-corrected chi connectivity index (χ0v) is 12.5. The topological polar surface area (TPSA) is 51.0 Å². The quantitative estimate of drug-likeness (QED) is 0.524. The van der Waals surface area contributed by atoms with Crippen molar-refractivity contribution in [1.82, 2.24) is 15.5 Å². The van der Waals surface area contributed by atoms with E-state index in [9.17, 15) is 0 Å². The number of hydrogen-bond donors (Lipinski definition) is 1.